The molecule has 4 aromatic rings. The number of carbonyl (C=O) groups is 1. The normalized spacial score (nSPS) is 10.8. The molecule has 0 aliphatic heterocycles. The van der Waals surface area contributed by atoms with Gasteiger partial charge in [-0.05, 0) is 48.9 Å². The van der Waals surface area contributed by atoms with Crippen molar-refractivity contribution in [2.75, 3.05) is 7.11 Å². The van der Waals surface area contributed by atoms with Crippen LogP contribution in [0.15, 0.2) is 75.9 Å². The van der Waals surface area contributed by atoms with Crippen LogP contribution in [0.5, 0.6) is 11.5 Å². The molecule has 1 aromatic heterocycles. The number of ether oxygens (including phenoxy) is 2. The number of aryl methyl sites for hydroxylation is 1. The third-order valence-electron chi connectivity index (χ3n) is 4.72. The molecule has 4 rings (SSSR count). The highest BCUT2D eigenvalue weighted by Crippen LogP contribution is 2.28. The lowest BCUT2D eigenvalue weighted by Gasteiger charge is -2.10. The first-order chi connectivity index (χ1) is 14.5. The summed E-state index contributed by atoms with van der Waals surface area (Å²) in [5, 5.41) is 0.693. The molecule has 0 bridgehead atoms. The molecule has 3 aromatic carbocycles. The van der Waals surface area contributed by atoms with E-state index in [-0.39, 0.29) is 16.7 Å². The largest absolute Gasteiger partial charge is 0.497 e. The third-order valence-corrected chi connectivity index (χ3v) is 5.05. The van der Waals surface area contributed by atoms with E-state index in [4.69, 9.17) is 25.5 Å². The highest BCUT2D eigenvalue weighted by molar-refractivity contribution is 6.33. The standard InChI is InChI=1S/C24H17ClO5/c1-14-22(15-7-9-16(28-2)10-8-15)23(26)19-12-11-17(13-21(19)29-14)30-24(27)18-5-3-4-6-20(18)25/h3-13H,1-2H3. The van der Waals surface area contributed by atoms with Crippen LogP contribution in [0, 0.1) is 6.92 Å². The molecule has 150 valence electrons. The number of methoxy groups -OCH3 is 1. The van der Waals surface area contributed by atoms with Gasteiger partial charge >= 0.3 is 5.97 Å². The molecular weight excluding hydrogens is 404 g/mol. The van der Waals surface area contributed by atoms with Gasteiger partial charge in [0.05, 0.1) is 28.6 Å². The molecule has 0 saturated heterocycles. The highest BCUT2D eigenvalue weighted by atomic mass is 35.5. The molecule has 6 heteroatoms. The Hall–Kier alpha value is -3.57. The van der Waals surface area contributed by atoms with Gasteiger partial charge in [-0.2, -0.15) is 0 Å². The van der Waals surface area contributed by atoms with Crippen molar-refractivity contribution in [2.24, 2.45) is 0 Å². The van der Waals surface area contributed by atoms with E-state index in [1.165, 1.54) is 6.07 Å². The Balaban J connectivity index is 1.71. The average molecular weight is 421 g/mol. The van der Waals surface area contributed by atoms with Gasteiger partial charge in [0.2, 0.25) is 5.43 Å². The van der Waals surface area contributed by atoms with Gasteiger partial charge in [0, 0.05) is 6.07 Å². The number of fused-ring (bicyclic) bond motifs is 1. The fourth-order valence-corrected chi connectivity index (χ4v) is 3.44. The molecule has 0 unspecified atom stereocenters. The summed E-state index contributed by atoms with van der Waals surface area (Å²) >= 11 is 6.05. The van der Waals surface area contributed by atoms with Crippen LogP contribution in [0.25, 0.3) is 22.1 Å². The van der Waals surface area contributed by atoms with Crippen molar-refractivity contribution in [3.63, 3.8) is 0 Å². The first-order valence-corrected chi connectivity index (χ1v) is 9.54. The molecule has 0 amide bonds. The quantitative estimate of drug-likeness (QED) is 0.315. The number of halogens is 1. The Morgan fingerprint density at radius 1 is 0.967 bits per heavy atom. The van der Waals surface area contributed by atoms with Gasteiger partial charge in [-0.3, -0.25) is 4.79 Å². The molecule has 5 nitrogen and oxygen atoms in total. The van der Waals surface area contributed by atoms with E-state index < -0.39 is 5.97 Å². The number of esters is 1. The minimum absolute atomic E-state index is 0.164. The van der Waals surface area contributed by atoms with Crippen LogP contribution < -0.4 is 14.9 Å². The fraction of sp³-hybridized carbons (Fsp3) is 0.0833. The fourth-order valence-electron chi connectivity index (χ4n) is 3.23. The molecular formula is C24H17ClO5. The second-order valence-corrected chi connectivity index (χ2v) is 7.03. The number of benzene rings is 3. The van der Waals surface area contributed by atoms with Crippen molar-refractivity contribution in [3.8, 4) is 22.6 Å². The van der Waals surface area contributed by atoms with Crippen molar-refractivity contribution in [3.05, 3.63) is 93.3 Å². The molecule has 1 heterocycles. The first-order valence-electron chi connectivity index (χ1n) is 9.16. The maximum atomic E-state index is 13.1. The van der Waals surface area contributed by atoms with Crippen molar-refractivity contribution in [1.82, 2.24) is 0 Å². The zero-order valence-corrected chi connectivity index (χ0v) is 17.0. The van der Waals surface area contributed by atoms with Gasteiger partial charge in [-0.25, -0.2) is 4.79 Å². The predicted molar refractivity (Wildman–Crippen MR) is 116 cm³/mol. The minimum Gasteiger partial charge on any atom is -0.497 e. The monoisotopic (exact) mass is 420 g/mol. The van der Waals surface area contributed by atoms with Crippen LogP contribution in [0.3, 0.4) is 0 Å². The van der Waals surface area contributed by atoms with E-state index in [1.54, 1.807) is 62.6 Å². The second-order valence-electron chi connectivity index (χ2n) is 6.62. The number of hydrogen-bond donors (Lipinski definition) is 0. The lowest BCUT2D eigenvalue weighted by molar-refractivity contribution is 0.0735. The summed E-state index contributed by atoms with van der Waals surface area (Å²) in [6.45, 7) is 1.73. The SMILES string of the molecule is COc1ccc(-c2c(C)oc3cc(OC(=O)c4ccccc4Cl)ccc3c2=O)cc1. The predicted octanol–water partition coefficient (Wildman–Crippen LogP) is 5.65. The summed E-state index contributed by atoms with van der Waals surface area (Å²) in [6.07, 6.45) is 0. The molecule has 0 radical (unpaired) electrons. The summed E-state index contributed by atoms with van der Waals surface area (Å²) in [4.78, 5) is 25.5. The van der Waals surface area contributed by atoms with E-state index in [1.807, 2.05) is 12.1 Å². The van der Waals surface area contributed by atoms with E-state index in [0.717, 1.165) is 5.56 Å². The number of hydrogen-bond acceptors (Lipinski definition) is 5. The van der Waals surface area contributed by atoms with Gasteiger partial charge < -0.3 is 13.9 Å². The first kappa shape index (κ1) is 19.7. The van der Waals surface area contributed by atoms with Gasteiger partial charge in [0.25, 0.3) is 0 Å². The average Bonchev–Trinajstić information content (AvgIpc) is 2.74. The molecule has 0 saturated carbocycles. The van der Waals surface area contributed by atoms with Crippen molar-refractivity contribution in [2.45, 2.75) is 6.92 Å². The molecule has 0 fully saturated rings. The van der Waals surface area contributed by atoms with Crippen molar-refractivity contribution in [1.29, 1.82) is 0 Å². The molecule has 0 aliphatic rings. The zero-order chi connectivity index (χ0) is 21.3. The highest BCUT2D eigenvalue weighted by Gasteiger charge is 2.16. The number of carbonyl (C=O) groups excluding carboxylic acids is 1. The van der Waals surface area contributed by atoms with Crippen molar-refractivity contribution < 1.29 is 18.7 Å². The Morgan fingerprint density at radius 2 is 1.67 bits per heavy atom. The second kappa shape index (κ2) is 8.05. The van der Waals surface area contributed by atoms with Gasteiger partial charge in [0.15, 0.2) is 0 Å². The van der Waals surface area contributed by atoms with E-state index in [9.17, 15) is 9.59 Å². The molecule has 30 heavy (non-hydrogen) atoms. The minimum atomic E-state index is -0.589. The summed E-state index contributed by atoms with van der Waals surface area (Å²) in [5.41, 5.74) is 1.64. The van der Waals surface area contributed by atoms with Crippen LogP contribution in [0.2, 0.25) is 5.02 Å². The van der Waals surface area contributed by atoms with Crippen molar-refractivity contribution >= 4 is 28.5 Å². The smallest absolute Gasteiger partial charge is 0.345 e. The van der Waals surface area contributed by atoms with Gasteiger partial charge in [-0.1, -0.05) is 35.9 Å². The van der Waals surface area contributed by atoms with Gasteiger partial charge in [-0.15, -0.1) is 0 Å². The lowest BCUT2D eigenvalue weighted by Crippen LogP contribution is -2.10. The topological polar surface area (TPSA) is 65.7 Å². The Bertz CT molecular complexity index is 1310. The van der Waals surface area contributed by atoms with Crippen LogP contribution in [-0.2, 0) is 0 Å². The van der Waals surface area contributed by atoms with Crippen LogP contribution >= 0.6 is 11.6 Å². The van der Waals surface area contributed by atoms with Crippen LogP contribution in [0.1, 0.15) is 16.1 Å². The summed E-state index contributed by atoms with van der Waals surface area (Å²) in [5.74, 6) is 0.833. The summed E-state index contributed by atoms with van der Waals surface area (Å²) in [6, 6.07) is 18.5. The molecule has 0 aliphatic carbocycles. The van der Waals surface area contributed by atoms with Crippen LogP contribution in [-0.4, -0.2) is 13.1 Å². The Kier molecular flexibility index (Phi) is 5.29. The zero-order valence-electron chi connectivity index (χ0n) is 16.3. The maximum Gasteiger partial charge on any atom is 0.345 e. The van der Waals surface area contributed by atoms with E-state index in [2.05, 4.69) is 0 Å². The Morgan fingerprint density at radius 3 is 2.37 bits per heavy atom. The lowest BCUT2D eigenvalue weighted by atomic mass is 10.0. The van der Waals surface area contributed by atoms with Crippen LogP contribution in [0.4, 0.5) is 0 Å². The Labute approximate surface area is 177 Å². The molecule has 0 atom stereocenters. The maximum absolute atomic E-state index is 13.1. The third kappa shape index (κ3) is 3.67. The number of rotatable bonds is 4. The van der Waals surface area contributed by atoms with E-state index >= 15 is 0 Å². The molecule has 0 N–H and O–H groups in total. The van der Waals surface area contributed by atoms with E-state index in [0.29, 0.717) is 33.1 Å². The van der Waals surface area contributed by atoms with Gasteiger partial charge in [0.1, 0.15) is 22.8 Å². The summed E-state index contributed by atoms with van der Waals surface area (Å²) in [7, 11) is 1.58. The summed E-state index contributed by atoms with van der Waals surface area (Å²) < 4.78 is 16.5. The molecule has 0 spiro atoms.